The lowest BCUT2D eigenvalue weighted by molar-refractivity contribution is -0.116. The minimum Gasteiger partial charge on any atom is -0.339 e. The van der Waals surface area contributed by atoms with Gasteiger partial charge in [0.1, 0.15) is 0 Å². The monoisotopic (exact) mass is 443 g/mol. The van der Waals surface area contributed by atoms with Crippen LogP contribution < -0.4 is 5.32 Å². The Morgan fingerprint density at radius 2 is 1.61 bits per heavy atom. The average molecular weight is 444 g/mol. The van der Waals surface area contributed by atoms with Crippen LogP contribution in [0.5, 0.6) is 0 Å². The highest BCUT2D eigenvalue weighted by atomic mass is 32.2. The Morgan fingerprint density at radius 3 is 2.32 bits per heavy atom. The number of carbonyl (C=O) groups is 2. The van der Waals surface area contributed by atoms with E-state index in [4.69, 9.17) is 0 Å². The molecule has 1 aliphatic heterocycles. The third-order valence-electron chi connectivity index (χ3n) is 5.40. The molecule has 0 bridgehead atoms. The molecule has 2 aromatic carbocycles. The first-order chi connectivity index (χ1) is 14.9. The Labute approximate surface area is 184 Å². The van der Waals surface area contributed by atoms with Crippen LogP contribution in [-0.2, 0) is 14.8 Å². The number of amides is 2. The van der Waals surface area contributed by atoms with Gasteiger partial charge in [-0.15, -0.1) is 0 Å². The van der Waals surface area contributed by atoms with Crippen LogP contribution in [0.4, 0.5) is 5.69 Å². The van der Waals surface area contributed by atoms with Crippen molar-refractivity contribution in [2.24, 2.45) is 0 Å². The predicted molar refractivity (Wildman–Crippen MR) is 120 cm³/mol. The average Bonchev–Trinajstić information content (AvgIpc) is 2.80. The van der Waals surface area contributed by atoms with Crippen molar-refractivity contribution in [1.82, 2.24) is 9.21 Å². The third kappa shape index (κ3) is 5.92. The molecular formula is C23H29N3O4S. The van der Waals surface area contributed by atoms with E-state index in [2.05, 4.69) is 5.32 Å². The van der Waals surface area contributed by atoms with Crippen LogP contribution in [0.25, 0.3) is 0 Å². The number of carbonyl (C=O) groups excluding carboxylic acids is 2. The summed E-state index contributed by atoms with van der Waals surface area (Å²) in [5.74, 6) is -0.311. The van der Waals surface area contributed by atoms with Crippen LogP contribution in [0.15, 0.2) is 59.5 Å². The number of hydrogen-bond acceptors (Lipinski definition) is 4. The summed E-state index contributed by atoms with van der Waals surface area (Å²) >= 11 is 0. The highest BCUT2D eigenvalue weighted by molar-refractivity contribution is 7.89. The second kappa shape index (κ2) is 10.5. The molecule has 31 heavy (non-hydrogen) atoms. The molecule has 0 radical (unpaired) electrons. The van der Waals surface area contributed by atoms with E-state index in [0.29, 0.717) is 17.7 Å². The fourth-order valence-corrected chi connectivity index (χ4v) is 4.84. The van der Waals surface area contributed by atoms with E-state index in [9.17, 15) is 18.0 Å². The molecule has 166 valence electrons. The molecule has 0 saturated carbocycles. The zero-order chi connectivity index (χ0) is 22.3. The second-order valence-electron chi connectivity index (χ2n) is 7.69. The van der Waals surface area contributed by atoms with Crippen LogP contribution in [0, 0.1) is 0 Å². The molecule has 3 rings (SSSR count). The number of para-hydroxylation sites is 1. The number of anilines is 1. The summed E-state index contributed by atoms with van der Waals surface area (Å²) in [5, 5.41) is 2.82. The van der Waals surface area contributed by atoms with Crippen LogP contribution in [0.1, 0.15) is 42.5 Å². The fraction of sp³-hybridized carbons (Fsp3) is 0.391. The molecule has 0 unspecified atom stereocenters. The maximum atomic E-state index is 12.9. The molecule has 1 fully saturated rings. The van der Waals surface area contributed by atoms with Crippen molar-refractivity contribution in [3.63, 3.8) is 0 Å². The number of hydrogen-bond donors (Lipinski definition) is 1. The van der Waals surface area contributed by atoms with E-state index in [1.54, 1.807) is 54.6 Å². The van der Waals surface area contributed by atoms with Crippen LogP contribution in [0.3, 0.4) is 0 Å². The van der Waals surface area contributed by atoms with Gasteiger partial charge >= 0.3 is 0 Å². The zero-order valence-electron chi connectivity index (χ0n) is 17.8. The first-order valence-electron chi connectivity index (χ1n) is 10.6. The molecule has 0 aromatic heterocycles. The van der Waals surface area contributed by atoms with Gasteiger partial charge in [0, 0.05) is 33.1 Å². The summed E-state index contributed by atoms with van der Waals surface area (Å²) < 4.78 is 26.4. The van der Waals surface area contributed by atoms with Gasteiger partial charge in [-0.05, 0) is 49.9 Å². The molecule has 1 heterocycles. The van der Waals surface area contributed by atoms with Gasteiger partial charge < -0.3 is 10.2 Å². The van der Waals surface area contributed by atoms with Crippen molar-refractivity contribution in [3.05, 3.63) is 60.2 Å². The number of piperidine rings is 1. The predicted octanol–water partition coefficient (Wildman–Crippen LogP) is 3.35. The quantitative estimate of drug-likeness (QED) is 0.678. The van der Waals surface area contributed by atoms with E-state index in [-0.39, 0.29) is 29.7 Å². The molecule has 0 aliphatic carbocycles. The Morgan fingerprint density at radius 1 is 0.968 bits per heavy atom. The summed E-state index contributed by atoms with van der Waals surface area (Å²) in [5.41, 5.74) is 0.981. The summed E-state index contributed by atoms with van der Waals surface area (Å²) in [7, 11) is -2.07. The van der Waals surface area contributed by atoms with Crippen molar-refractivity contribution < 1.29 is 18.0 Å². The summed E-state index contributed by atoms with van der Waals surface area (Å²) in [6, 6.07) is 15.2. The minimum absolute atomic E-state index is 0.0655. The minimum atomic E-state index is -3.57. The molecular weight excluding hydrogens is 414 g/mol. The number of sulfonamides is 1. The van der Waals surface area contributed by atoms with Crippen molar-refractivity contribution in [2.45, 2.75) is 37.0 Å². The van der Waals surface area contributed by atoms with E-state index < -0.39 is 10.0 Å². The Kier molecular flexibility index (Phi) is 7.81. The molecule has 8 heteroatoms. The van der Waals surface area contributed by atoms with Gasteiger partial charge in [-0.1, -0.05) is 30.3 Å². The number of benzene rings is 2. The van der Waals surface area contributed by atoms with Gasteiger partial charge in [0.05, 0.1) is 16.1 Å². The highest BCUT2D eigenvalue weighted by Crippen LogP contribution is 2.20. The smallest absolute Gasteiger partial charge is 0.255 e. The van der Waals surface area contributed by atoms with E-state index in [1.807, 2.05) is 4.90 Å². The van der Waals surface area contributed by atoms with Gasteiger partial charge in [-0.25, -0.2) is 12.7 Å². The molecule has 0 atom stereocenters. The summed E-state index contributed by atoms with van der Waals surface area (Å²) in [6.07, 6.45) is 3.66. The third-order valence-corrected chi connectivity index (χ3v) is 7.27. The fourth-order valence-electron chi connectivity index (χ4n) is 3.61. The van der Waals surface area contributed by atoms with Crippen LogP contribution >= 0.6 is 0 Å². The normalized spacial score (nSPS) is 14.5. The van der Waals surface area contributed by atoms with Gasteiger partial charge in [0.25, 0.3) is 5.91 Å². The first kappa shape index (κ1) is 23.0. The molecule has 1 N–H and O–H groups in total. The lowest BCUT2D eigenvalue weighted by Crippen LogP contribution is -2.36. The molecule has 7 nitrogen and oxygen atoms in total. The molecule has 0 spiro atoms. The highest BCUT2D eigenvalue weighted by Gasteiger charge is 2.22. The summed E-state index contributed by atoms with van der Waals surface area (Å²) in [4.78, 5) is 27.4. The second-order valence-corrected chi connectivity index (χ2v) is 9.73. The largest absolute Gasteiger partial charge is 0.339 e. The number of rotatable bonds is 8. The van der Waals surface area contributed by atoms with E-state index in [0.717, 1.165) is 32.4 Å². The van der Waals surface area contributed by atoms with E-state index in [1.165, 1.54) is 11.4 Å². The van der Waals surface area contributed by atoms with E-state index >= 15 is 0 Å². The van der Waals surface area contributed by atoms with Crippen LogP contribution in [0.2, 0.25) is 0 Å². The Bertz CT molecular complexity index is 1000. The van der Waals surface area contributed by atoms with Gasteiger partial charge in [0.15, 0.2) is 0 Å². The summed E-state index contributed by atoms with van der Waals surface area (Å²) in [6.45, 7) is 1.70. The molecule has 2 amide bonds. The van der Waals surface area contributed by atoms with Crippen molar-refractivity contribution in [2.75, 3.05) is 32.0 Å². The lowest BCUT2D eigenvalue weighted by atomic mass is 10.1. The topological polar surface area (TPSA) is 86.8 Å². The lowest BCUT2D eigenvalue weighted by Gasteiger charge is -2.27. The maximum absolute atomic E-state index is 12.9. The van der Waals surface area contributed by atoms with Crippen LogP contribution in [-0.4, -0.2) is 56.1 Å². The van der Waals surface area contributed by atoms with Gasteiger partial charge in [-0.3, -0.25) is 9.59 Å². The molecule has 1 aliphatic rings. The van der Waals surface area contributed by atoms with Gasteiger partial charge in [0.2, 0.25) is 15.9 Å². The van der Waals surface area contributed by atoms with Gasteiger partial charge in [-0.2, -0.15) is 0 Å². The Hall–Kier alpha value is -2.71. The standard InChI is InChI=1S/C23H29N3O4S/c1-25(31(29,30)19-11-4-2-5-12-19)16-10-15-22(27)24-21-14-7-6-13-20(21)23(28)26-17-8-3-9-18-26/h2,4-7,11-14H,3,8-10,15-18H2,1H3,(H,24,27). The maximum Gasteiger partial charge on any atom is 0.255 e. The molecule has 1 saturated heterocycles. The molecule has 2 aromatic rings. The number of nitrogens with zero attached hydrogens (tertiary/aromatic N) is 2. The SMILES string of the molecule is CN(CCCC(=O)Nc1ccccc1C(=O)N1CCCCC1)S(=O)(=O)c1ccccc1. The number of likely N-dealkylation sites (tertiary alicyclic amines) is 1. The first-order valence-corrected chi connectivity index (χ1v) is 12.0. The number of nitrogens with one attached hydrogen (secondary N) is 1. The zero-order valence-corrected chi connectivity index (χ0v) is 18.6. The van der Waals surface area contributed by atoms with Crippen molar-refractivity contribution in [3.8, 4) is 0 Å². The van der Waals surface area contributed by atoms with Crippen molar-refractivity contribution in [1.29, 1.82) is 0 Å². The van der Waals surface area contributed by atoms with Crippen molar-refractivity contribution >= 4 is 27.5 Å². The Balaban J connectivity index is 1.55.